The fourth-order valence-electron chi connectivity index (χ4n) is 3.69. The average molecular weight is 448 g/mol. The molecule has 4 rings (SSSR count). The molecule has 3 heterocycles. The number of hydrogen-bond acceptors (Lipinski definition) is 5. The van der Waals surface area contributed by atoms with E-state index in [1.807, 2.05) is 6.08 Å². The van der Waals surface area contributed by atoms with Gasteiger partial charge < -0.3 is 19.8 Å². The Labute approximate surface area is 182 Å². The number of carbonyl (C=O) groups excluding carboxylic acids is 1. The summed E-state index contributed by atoms with van der Waals surface area (Å²) in [7, 11) is 0. The van der Waals surface area contributed by atoms with Crippen molar-refractivity contribution >= 4 is 39.9 Å². The van der Waals surface area contributed by atoms with Crippen LogP contribution in [0.3, 0.4) is 0 Å². The Morgan fingerprint density at radius 3 is 2.77 bits per heavy atom. The van der Waals surface area contributed by atoms with Gasteiger partial charge in [-0.15, -0.1) is 0 Å². The van der Waals surface area contributed by atoms with E-state index in [0.29, 0.717) is 30.5 Å². The van der Waals surface area contributed by atoms with Gasteiger partial charge in [0, 0.05) is 37.3 Å². The van der Waals surface area contributed by atoms with Crippen molar-refractivity contribution in [2.24, 2.45) is 0 Å². The number of furan rings is 1. The predicted octanol–water partition coefficient (Wildman–Crippen LogP) is 5.12. The van der Waals surface area contributed by atoms with Crippen LogP contribution in [0.15, 0.2) is 35.1 Å². The molecule has 1 amide bonds. The van der Waals surface area contributed by atoms with E-state index in [0.717, 1.165) is 23.3 Å². The van der Waals surface area contributed by atoms with Crippen LogP contribution in [-0.4, -0.2) is 28.9 Å². The van der Waals surface area contributed by atoms with Crippen LogP contribution in [0.4, 0.5) is 14.6 Å². The first kappa shape index (κ1) is 21.1. The van der Waals surface area contributed by atoms with Crippen LogP contribution in [0.1, 0.15) is 37.5 Å². The maximum absolute atomic E-state index is 14.3. The predicted molar refractivity (Wildman–Crippen MR) is 114 cm³/mol. The van der Waals surface area contributed by atoms with Crippen LogP contribution in [0.5, 0.6) is 5.75 Å². The first-order valence-corrected chi connectivity index (χ1v) is 10.1. The minimum atomic E-state index is -0.954. The van der Waals surface area contributed by atoms with Gasteiger partial charge in [0.15, 0.2) is 11.4 Å². The molecule has 3 aromatic rings. The first-order valence-electron chi connectivity index (χ1n) is 9.68. The summed E-state index contributed by atoms with van der Waals surface area (Å²) in [5.74, 6) is -1.25. The normalized spacial score (nSPS) is 15.1. The second-order valence-corrected chi connectivity index (χ2v) is 7.70. The molecule has 31 heavy (non-hydrogen) atoms. The molecule has 1 aliphatic rings. The van der Waals surface area contributed by atoms with E-state index in [1.165, 1.54) is 13.8 Å². The SMILES string of the molecule is CC(=O)N1CC=C(c2coc3c(O[C@H](C)c4c(F)ccc(F)c4Cl)c(N)ncc23)CC1. The van der Waals surface area contributed by atoms with Crippen molar-refractivity contribution in [1.29, 1.82) is 0 Å². The van der Waals surface area contributed by atoms with Crippen molar-refractivity contribution < 1.29 is 22.7 Å². The number of nitrogen functional groups attached to an aromatic ring is 1. The smallest absolute Gasteiger partial charge is 0.219 e. The number of nitrogens with two attached hydrogens (primary N) is 1. The largest absolute Gasteiger partial charge is 0.478 e. The molecule has 0 aliphatic carbocycles. The molecule has 0 bridgehead atoms. The molecule has 0 radical (unpaired) electrons. The van der Waals surface area contributed by atoms with Gasteiger partial charge in [0.25, 0.3) is 0 Å². The van der Waals surface area contributed by atoms with Crippen molar-refractivity contribution in [3.8, 4) is 5.75 Å². The zero-order valence-electron chi connectivity index (χ0n) is 16.9. The number of anilines is 1. The van der Waals surface area contributed by atoms with Gasteiger partial charge in [0.2, 0.25) is 11.7 Å². The number of ether oxygens (including phenoxy) is 1. The number of rotatable bonds is 4. The van der Waals surface area contributed by atoms with Gasteiger partial charge in [0.05, 0.1) is 16.7 Å². The number of pyridine rings is 1. The van der Waals surface area contributed by atoms with Gasteiger partial charge in [0.1, 0.15) is 17.7 Å². The van der Waals surface area contributed by atoms with Crippen LogP contribution in [0, 0.1) is 11.6 Å². The molecule has 6 nitrogen and oxygen atoms in total. The van der Waals surface area contributed by atoms with Gasteiger partial charge >= 0.3 is 0 Å². The average Bonchev–Trinajstić information content (AvgIpc) is 3.17. The summed E-state index contributed by atoms with van der Waals surface area (Å²) < 4.78 is 39.7. The number of carbonyl (C=O) groups is 1. The van der Waals surface area contributed by atoms with Gasteiger partial charge in [-0.1, -0.05) is 17.7 Å². The third-order valence-electron chi connectivity index (χ3n) is 5.38. The van der Waals surface area contributed by atoms with Crippen molar-refractivity contribution in [1.82, 2.24) is 9.88 Å². The lowest BCUT2D eigenvalue weighted by Gasteiger charge is -2.25. The fourth-order valence-corrected chi connectivity index (χ4v) is 4.00. The van der Waals surface area contributed by atoms with Gasteiger partial charge in [-0.25, -0.2) is 13.8 Å². The van der Waals surface area contributed by atoms with Gasteiger partial charge in [-0.2, -0.15) is 0 Å². The minimum absolute atomic E-state index is 0.0229. The summed E-state index contributed by atoms with van der Waals surface area (Å²) in [6.07, 6.45) is 4.83. The van der Waals surface area contributed by atoms with E-state index in [2.05, 4.69) is 4.98 Å². The highest BCUT2D eigenvalue weighted by Gasteiger charge is 2.25. The minimum Gasteiger partial charge on any atom is -0.478 e. The van der Waals surface area contributed by atoms with E-state index >= 15 is 0 Å². The molecule has 1 atom stereocenters. The number of nitrogens with zero attached hydrogens (tertiary/aromatic N) is 2. The molecule has 0 unspecified atom stereocenters. The van der Waals surface area contributed by atoms with Crippen LogP contribution in [0.25, 0.3) is 16.5 Å². The zero-order chi connectivity index (χ0) is 22.3. The monoisotopic (exact) mass is 447 g/mol. The maximum atomic E-state index is 14.3. The van der Waals surface area contributed by atoms with Crippen LogP contribution in [-0.2, 0) is 4.79 Å². The molecule has 9 heteroatoms. The third kappa shape index (κ3) is 3.83. The molecule has 1 aliphatic heterocycles. The van der Waals surface area contributed by atoms with Crippen molar-refractivity contribution in [3.63, 3.8) is 0 Å². The van der Waals surface area contributed by atoms with E-state index in [4.69, 9.17) is 26.5 Å². The van der Waals surface area contributed by atoms with Crippen LogP contribution in [0.2, 0.25) is 5.02 Å². The molecule has 162 valence electrons. The summed E-state index contributed by atoms with van der Waals surface area (Å²) in [6.45, 7) is 4.19. The number of amides is 1. The number of fused-ring (bicyclic) bond motifs is 1. The molecule has 0 fully saturated rings. The van der Waals surface area contributed by atoms with Gasteiger partial charge in [-0.05, 0) is 31.1 Å². The number of halogens is 3. The number of benzene rings is 1. The second-order valence-electron chi connectivity index (χ2n) is 7.33. The molecule has 0 saturated carbocycles. The Hall–Kier alpha value is -3.13. The molecule has 0 saturated heterocycles. The van der Waals surface area contributed by atoms with Crippen molar-refractivity contribution in [2.45, 2.75) is 26.4 Å². The molecular weight excluding hydrogens is 428 g/mol. The maximum Gasteiger partial charge on any atom is 0.219 e. The third-order valence-corrected chi connectivity index (χ3v) is 5.77. The highest BCUT2D eigenvalue weighted by atomic mass is 35.5. The van der Waals surface area contributed by atoms with E-state index in [-0.39, 0.29) is 28.1 Å². The molecular formula is C22H20ClF2N3O3. The summed E-state index contributed by atoms with van der Waals surface area (Å²) >= 11 is 5.96. The highest BCUT2D eigenvalue weighted by molar-refractivity contribution is 6.31. The second kappa shape index (κ2) is 8.19. The summed E-state index contributed by atoms with van der Waals surface area (Å²) in [5.41, 5.74) is 8.06. The van der Waals surface area contributed by atoms with E-state index < -0.39 is 17.7 Å². The Bertz CT molecular complexity index is 1210. The van der Waals surface area contributed by atoms with Gasteiger partial charge in [-0.3, -0.25) is 4.79 Å². The Morgan fingerprint density at radius 1 is 1.35 bits per heavy atom. The lowest BCUT2D eigenvalue weighted by molar-refractivity contribution is -0.128. The van der Waals surface area contributed by atoms with Crippen LogP contribution < -0.4 is 10.5 Å². The van der Waals surface area contributed by atoms with E-state index in [1.54, 1.807) is 17.4 Å². The highest BCUT2D eigenvalue weighted by Crippen LogP contribution is 2.40. The number of aromatic nitrogens is 1. The zero-order valence-corrected chi connectivity index (χ0v) is 17.7. The molecule has 1 aromatic carbocycles. The lowest BCUT2D eigenvalue weighted by atomic mass is 9.99. The molecule has 2 aromatic heterocycles. The topological polar surface area (TPSA) is 81.6 Å². The Balaban J connectivity index is 1.70. The summed E-state index contributed by atoms with van der Waals surface area (Å²) in [4.78, 5) is 17.5. The standard InChI is InChI=1S/C22H20ClF2N3O3/c1-11(18-16(24)3-4-17(25)19(18)23)31-21-20-14(9-27-22(21)26)15(10-30-20)13-5-7-28(8-6-13)12(2)29/h3-5,9-11H,6-8H2,1-2H3,(H2,26,27)/t11-/m1/s1. The summed E-state index contributed by atoms with van der Waals surface area (Å²) in [6, 6.07) is 1.94. The van der Waals surface area contributed by atoms with E-state index in [9.17, 15) is 13.6 Å². The number of hydrogen-bond donors (Lipinski definition) is 1. The quantitative estimate of drug-likeness (QED) is 0.561. The van der Waals surface area contributed by atoms with Crippen LogP contribution >= 0.6 is 11.6 Å². The lowest BCUT2D eigenvalue weighted by Crippen LogP contribution is -2.32. The summed E-state index contributed by atoms with van der Waals surface area (Å²) in [5, 5.41) is 0.318. The Morgan fingerprint density at radius 2 is 2.10 bits per heavy atom. The van der Waals surface area contributed by atoms with Crippen molar-refractivity contribution in [3.05, 3.63) is 58.5 Å². The molecule has 2 N–H and O–H groups in total. The fraction of sp³-hybridized carbons (Fsp3) is 0.273. The van der Waals surface area contributed by atoms with Crippen molar-refractivity contribution in [2.75, 3.05) is 18.8 Å². The molecule has 0 spiro atoms. The first-order chi connectivity index (χ1) is 14.8. The Kier molecular flexibility index (Phi) is 5.58.